The zero-order valence-electron chi connectivity index (χ0n) is 11.5. The highest BCUT2D eigenvalue weighted by Gasteiger charge is 2.40. The molecular formula is C14H25NO3. The molecule has 0 spiro atoms. The Labute approximate surface area is 109 Å². The third-order valence-electron chi connectivity index (χ3n) is 3.72. The van der Waals surface area contributed by atoms with E-state index in [1.165, 1.54) is 0 Å². The average molecular weight is 255 g/mol. The lowest BCUT2D eigenvalue weighted by Gasteiger charge is -2.27. The molecule has 1 aliphatic rings. The Bertz CT molecular complexity index is 291. The van der Waals surface area contributed by atoms with Gasteiger partial charge in [-0.1, -0.05) is 39.5 Å². The van der Waals surface area contributed by atoms with Crippen molar-refractivity contribution in [2.75, 3.05) is 6.54 Å². The molecule has 0 unspecified atom stereocenters. The minimum atomic E-state index is -0.822. The molecule has 1 rings (SSSR count). The van der Waals surface area contributed by atoms with E-state index in [9.17, 15) is 14.7 Å². The van der Waals surface area contributed by atoms with Crippen LogP contribution in [0.15, 0.2) is 0 Å². The van der Waals surface area contributed by atoms with E-state index >= 15 is 0 Å². The fraction of sp³-hybridized carbons (Fsp3) is 0.857. The second-order valence-electron chi connectivity index (χ2n) is 5.87. The van der Waals surface area contributed by atoms with Crippen molar-refractivity contribution in [1.82, 2.24) is 5.32 Å². The number of hydrogen-bond donors (Lipinski definition) is 2. The number of carboxylic acids is 1. The Morgan fingerprint density at radius 2 is 1.72 bits per heavy atom. The number of carbonyl (C=O) groups excluding carboxylic acids is 1. The lowest BCUT2D eigenvalue weighted by molar-refractivity contribution is -0.152. The molecule has 4 nitrogen and oxygen atoms in total. The number of carbonyl (C=O) groups is 2. The van der Waals surface area contributed by atoms with E-state index in [0.717, 1.165) is 25.7 Å². The summed E-state index contributed by atoms with van der Waals surface area (Å²) in [5, 5.41) is 12.3. The Hall–Kier alpha value is -1.06. The van der Waals surface area contributed by atoms with Crippen molar-refractivity contribution in [1.29, 1.82) is 0 Å². The lowest BCUT2D eigenvalue weighted by Crippen LogP contribution is -2.38. The van der Waals surface area contributed by atoms with Crippen LogP contribution in [0.3, 0.4) is 0 Å². The Kier molecular flexibility index (Phi) is 5.63. The van der Waals surface area contributed by atoms with E-state index in [-0.39, 0.29) is 12.3 Å². The number of hydrogen-bond acceptors (Lipinski definition) is 2. The molecular weight excluding hydrogens is 230 g/mol. The van der Waals surface area contributed by atoms with Crippen LogP contribution < -0.4 is 5.32 Å². The summed E-state index contributed by atoms with van der Waals surface area (Å²) in [7, 11) is 0. The smallest absolute Gasteiger partial charge is 0.310 e. The maximum Gasteiger partial charge on any atom is 0.310 e. The van der Waals surface area contributed by atoms with Crippen LogP contribution in [-0.4, -0.2) is 23.5 Å². The van der Waals surface area contributed by atoms with Crippen LogP contribution in [0.25, 0.3) is 0 Å². The minimum absolute atomic E-state index is 0.118. The zero-order chi connectivity index (χ0) is 13.6. The molecule has 0 saturated heterocycles. The van der Waals surface area contributed by atoms with Gasteiger partial charge in [0.2, 0.25) is 5.91 Å². The standard InChI is InChI=1S/C14H25NO3/c1-11(2)10-15-12(16)9-14(13(17)18)7-5-3-4-6-8-14/h11H,3-10H2,1-2H3,(H,15,16)(H,17,18). The van der Waals surface area contributed by atoms with Gasteiger partial charge in [0.05, 0.1) is 5.41 Å². The lowest BCUT2D eigenvalue weighted by atomic mass is 9.77. The van der Waals surface area contributed by atoms with Gasteiger partial charge in [0.25, 0.3) is 0 Å². The van der Waals surface area contributed by atoms with Gasteiger partial charge in [-0.2, -0.15) is 0 Å². The number of aliphatic carboxylic acids is 1. The zero-order valence-corrected chi connectivity index (χ0v) is 11.5. The van der Waals surface area contributed by atoms with Gasteiger partial charge in [0, 0.05) is 13.0 Å². The van der Waals surface area contributed by atoms with Crippen LogP contribution in [-0.2, 0) is 9.59 Å². The van der Waals surface area contributed by atoms with Crippen LogP contribution >= 0.6 is 0 Å². The molecule has 2 N–H and O–H groups in total. The van der Waals surface area contributed by atoms with Crippen molar-refractivity contribution in [3.05, 3.63) is 0 Å². The summed E-state index contributed by atoms with van der Waals surface area (Å²) in [5.74, 6) is -0.527. The molecule has 0 aromatic rings. The van der Waals surface area contributed by atoms with Gasteiger partial charge in [-0.25, -0.2) is 0 Å². The molecule has 104 valence electrons. The second-order valence-corrected chi connectivity index (χ2v) is 5.87. The van der Waals surface area contributed by atoms with E-state index in [2.05, 4.69) is 5.32 Å². The van der Waals surface area contributed by atoms with Crippen LogP contribution in [0.5, 0.6) is 0 Å². The Morgan fingerprint density at radius 1 is 1.17 bits per heavy atom. The number of nitrogens with one attached hydrogen (secondary N) is 1. The Morgan fingerprint density at radius 3 is 2.17 bits per heavy atom. The molecule has 1 saturated carbocycles. The normalized spacial score (nSPS) is 19.3. The number of amides is 1. The monoisotopic (exact) mass is 255 g/mol. The number of rotatable bonds is 5. The summed E-state index contributed by atoms with van der Waals surface area (Å²) < 4.78 is 0. The average Bonchev–Trinajstić information content (AvgIpc) is 2.53. The fourth-order valence-corrected chi connectivity index (χ4v) is 2.56. The van der Waals surface area contributed by atoms with E-state index in [4.69, 9.17) is 0 Å². The van der Waals surface area contributed by atoms with Gasteiger partial charge in [0.1, 0.15) is 0 Å². The first-order chi connectivity index (χ1) is 8.46. The van der Waals surface area contributed by atoms with E-state index < -0.39 is 11.4 Å². The molecule has 18 heavy (non-hydrogen) atoms. The summed E-state index contributed by atoms with van der Waals surface area (Å²) in [6.07, 6.45) is 5.42. The van der Waals surface area contributed by atoms with Crippen molar-refractivity contribution < 1.29 is 14.7 Å². The summed E-state index contributed by atoms with van der Waals surface area (Å²) in [4.78, 5) is 23.4. The predicted molar refractivity (Wildman–Crippen MR) is 70.2 cm³/mol. The minimum Gasteiger partial charge on any atom is -0.481 e. The highest BCUT2D eigenvalue weighted by molar-refractivity contribution is 5.85. The molecule has 1 aliphatic carbocycles. The molecule has 4 heteroatoms. The van der Waals surface area contributed by atoms with Gasteiger partial charge in [-0.15, -0.1) is 0 Å². The first kappa shape index (κ1) is 15.0. The second kappa shape index (κ2) is 6.76. The predicted octanol–water partition coefficient (Wildman–Crippen LogP) is 2.57. The molecule has 0 heterocycles. The van der Waals surface area contributed by atoms with Crippen LogP contribution in [0.4, 0.5) is 0 Å². The fourth-order valence-electron chi connectivity index (χ4n) is 2.56. The third-order valence-corrected chi connectivity index (χ3v) is 3.72. The van der Waals surface area contributed by atoms with Gasteiger partial charge >= 0.3 is 5.97 Å². The maximum absolute atomic E-state index is 11.9. The van der Waals surface area contributed by atoms with E-state index in [1.54, 1.807) is 0 Å². The largest absolute Gasteiger partial charge is 0.481 e. The van der Waals surface area contributed by atoms with Gasteiger partial charge in [-0.05, 0) is 18.8 Å². The first-order valence-corrected chi connectivity index (χ1v) is 6.96. The summed E-state index contributed by atoms with van der Waals surface area (Å²) in [5.41, 5.74) is -0.822. The van der Waals surface area contributed by atoms with Crippen molar-refractivity contribution in [2.24, 2.45) is 11.3 Å². The van der Waals surface area contributed by atoms with Gasteiger partial charge in [-0.3, -0.25) is 9.59 Å². The highest BCUT2D eigenvalue weighted by atomic mass is 16.4. The summed E-state index contributed by atoms with van der Waals surface area (Å²) in [6, 6.07) is 0. The molecule has 0 atom stereocenters. The van der Waals surface area contributed by atoms with Gasteiger partial charge in [0.15, 0.2) is 0 Å². The summed E-state index contributed by atoms with van der Waals surface area (Å²) >= 11 is 0. The van der Waals surface area contributed by atoms with E-state index in [0.29, 0.717) is 25.3 Å². The van der Waals surface area contributed by atoms with Gasteiger partial charge < -0.3 is 10.4 Å². The Balaban J connectivity index is 2.61. The molecule has 0 aliphatic heterocycles. The van der Waals surface area contributed by atoms with Crippen LogP contribution in [0.1, 0.15) is 58.8 Å². The summed E-state index contributed by atoms with van der Waals surface area (Å²) in [6.45, 7) is 4.67. The third kappa shape index (κ3) is 4.31. The molecule has 1 fully saturated rings. The molecule has 1 amide bonds. The maximum atomic E-state index is 11.9. The highest BCUT2D eigenvalue weighted by Crippen LogP contribution is 2.38. The van der Waals surface area contributed by atoms with Crippen molar-refractivity contribution in [3.63, 3.8) is 0 Å². The van der Waals surface area contributed by atoms with Crippen molar-refractivity contribution >= 4 is 11.9 Å². The topological polar surface area (TPSA) is 66.4 Å². The molecule has 0 aromatic carbocycles. The first-order valence-electron chi connectivity index (χ1n) is 6.96. The quantitative estimate of drug-likeness (QED) is 0.742. The SMILES string of the molecule is CC(C)CNC(=O)CC1(C(=O)O)CCCCCC1. The molecule has 0 bridgehead atoms. The van der Waals surface area contributed by atoms with Crippen LogP contribution in [0, 0.1) is 11.3 Å². The van der Waals surface area contributed by atoms with E-state index in [1.807, 2.05) is 13.8 Å². The van der Waals surface area contributed by atoms with Crippen molar-refractivity contribution in [3.8, 4) is 0 Å². The number of carboxylic acid groups (broad SMARTS) is 1. The molecule has 0 radical (unpaired) electrons. The van der Waals surface area contributed by atoms with Crippen LogP contribution in [0.2, 0.25) is 0 Å². The molecule has 0 aromatic heterocycles. The van der Waals surface area contributed by atoms with Crippen molar-refractivity contribution in [2.45, 2.75) is 58.8 Å².